The highest BCUT2D eigenvalue weighted by molar-refractivity contribution is 5.93. The summed E-state index contributed by atoms with van der Waals surface area (Å²) in [7, 11) is 0. The van der Waals surface area contributed by atoms with E-state index in [-0.39, 0.29) is 23.8 Å². The highest BCUT2D eigenvalue weighted by Crippen LogP contribution is 2.11. The zero-order valence-corrected chi connectivity index (χ0v) is 7.84. The number of hydrogen-bond donors (Lipinski definition) is 2. The zero-order valence-electron chi connectivity index (χ0n) is 7.84. The van der Waals surface area contributed by atoms with Crippen LogP contribution in [0, 0.1) is 0 Å². The van der Waals surface area contributed by atoms with Gasteiger partial charge in [-0.05, 0) is 17.7 Å². The SMILES string of the molecule is O=C(Cc1ccc(O)cc1)c1ncn[nH]1. The van der Waals surface area contributed by atoms with E-state index in [4.69, 9.17) is 5.11 Å². The van der Waals surface area contributed by atoms with Crippen LogP contribution >= 0.6 is 0 Å². The maximum absolute atomic E-state index is 11.6. The van der Waals surface area contributed by atoms with Crippen LogP contribution in [-0.4, -0.2) is 26.1 Å². The van der Waals surface area contributed by atoms with Gasteiger partial charge in [0.15, 0.2) is 5.82 Å². The Hall–Kier alpha value is -2.17. The molecule has 0 aliphatic rings. The summed E-state index contributed by atoms with van der Waals surface area (Å²) in [6.45, 7) is 0. The van der Waals surface area contributed by atoms with Gasteiger partial charge in [-0.15, -0.1) is 0 Å². The largest absolute Gasteiger partial charge is 0.508 e. The highest BCUT2D eigenvalue weighted by atomic mass is 16.3. The van der Waals surface area contributed by atoms with Gasteiger partial charge in [0.2, 0.25) is 5.78 Å². The fraction of sp³-hybridized carbons (Fsp3) is 0.100. The molecule has 1 aromatic heterocycles. The topological polar surface area (TPSA) is 78.9 Å². The first kappa shape index (κ1) is 9.39. The van der Waals surface area contributed by atoms with Gasteiger partial charge in [0, 0.05) is 6.42 Å². The Bertz CT molecular complexity index is 448. The summed E-state index contributed by atoms with van der Waals surface area (Å²) in [5, 5.41) is 15.2. The molecule has 1 heterocycles. The number of nitrogens with one attached hydrogen (secondary N) is 1. The van der Waals surface area contributed by atoms with E-state index >= 15 is 0 Å². The summed E-state index contributed by atoms with van der Waals surface area (Å²) < 4.78 is 0. The minimum atomic E-state index is -0.127. The van der Waals surface area contributed by atoms with Crippen molar-refractivity contribution in [3.8, 4) is 5.75 Å². The number of carbonyl (C=O) groups excluding carboxylic acids is 1. The Kier molecular flexibility index (Phi) is 2.45. The lowest BCUT2D eigenvalue weighted by Gasteiger charge is -1.98. The van der Waals surface area contributed by atoms with E-state index in [0.29, 0.717) is 0 Å². The molecule has 0 aliphatic carbocycles. The number of aromatic hydroxyl groups is 1. The molecule has 15 heavy (non-hydrogen) atoms. The number of rotatable bonds is 3. The second-order valence-corrected chi connectivity index (χ2v) is 3.10. The molecule has 0 amide bonds. The maximum atomic E-state index is 11.6. The molecule has 1 aromatic carbocycles. The molecule has 2 aromatic rings. The standard InChI is InChI=1S/C10H9N3O2/c14-8-3-1-7(2-4-8)5-9(15)10-11-6-12-13-10/h1-4,6,14H,5H2,(H,11,12,13). The first-order chi connectivity index (χ1) is 7.25. The maximum Gasteiger partial charge on any atom is 0.203 e. The lowest BCUT2D eigenvalue weighted by atomic mass is 10.1. The number of aromatic nitrogens is 3. The predicted molar refractivity (Wildman–Crippen MR) is 52.5 cm³/mol. The number of carbonyl (C=O) groups is 1. The number of ketones is 1. The summed E-state index contributed by atoms with van der Waals surface area (Å²) >= 11 is 0. The molecule has 0 unspecified atom stereocenters. The summed E-state index contributed by atoms with van der Waals surface area (Å²) in [5.41, 5.74) is 0.828. The molecule has 0 radical (unpaired) electrons. The minimum absolute atomic E-state index is 0.127. The minimum Gasteiger partial charge on any atom is -0.508 e. The van der Waals surface area contributed by atoms with Crippen LogP contribution in [0.25, 0.3) is 0 Å². The monoisotopic (exact) mass is 203 g/mol. The second kappa shape index (κ2) is 3.91. The molecule has 0 spiro atoms. The normalized spacial score (nSPS) is 10.1. The van der Waals surface area contributed by atoms with Crippen LogP contribution in [0.2, 0.25) is 0 Å². The van der Waals surface area contributed by atoms with Gasteiger partial charge in [-0.2, -0.15) is 5.10 Å². The van der Waals surface area contributed by atoms with Crippen LogP contribution in [0.3, 0.4) is 0 Å². The van der Waals surface area contributed by atoms with Gasteiger partial charge in [-0.3, -0.25) is 9.89 Å². The quantitative estimate of drug-likeness (QED) is 0.727. The van der Waals surface area contributed by atoms with E-state index in [0.717, 1.165) is 5.56 Å². The zero-order chi connectivity index (χ0) is 10.7. The fourth-order valence-corrected chi connectivity index (χ4v) is 1.22. The molecular formula is C10H9N3O2. The molecule has 0 atom stereocenters. The average Bonchev–Trinajstić information content (AvgIpc) is 2.74. The second-order valence-electron chi connectivity index (χ2n) is 3.10. The summed E-state index contributed by atoms with van der Waals surface area (Å²) in [5.74, 6) is 0.312. The third kappa shape index (κ3) is 2.19. The van der Waals surface area contributed by atoms with E-state index in [1.54, 1.807) is 24.3 Å². The van der Waals surface area contributed by atoms with Crippen LogP contribution < -0.4 is 0 Å². The van der Waals surface area contributed by atoms with Crippen molar-refractivity contribution in [1.29, 1.82) is 0 Å². The number of benzene rings is 1. The molecule has 2 rings (SSSR count). The van der Waals surface area contributed by atoms with Crippen LogP contribution in [0.1, 0.15) is 16.2 Å². The number of hydrogen-bond acceptors (Lipinski definition) is 4. The number of nitrogens with zero attached hydrogens (tertiary/aromatic N) is 2. The summed E-state index contributed by atoms with van der Waals surface area (Å²) in [6, 6.07) is 6.49. The lowest BCUT2D eigenvalue weighted by molar-refractivity contribution is 0.0983. The molecule has 5 heteroatoms. The highest BCUT2D eigenvalue weighted by Gasteiger charge is 2.09. The van der Waals surface area contributed by atoms with Crippen molar-refractivity contribution >= 4 is 5.78 Å². The summed E-state index contributed by atoms with van der Waals surface area (Å²) in [6.07, 6.45) is 1.54. The Morgan fingerprint density at radius 1 is 1.33 bits per heavy atom. The molecule has 76 valence electrons. The van der Waals surface area contributed by atoms with Crippen molar-refractivity contribution in [2.24, 2.45) is 0 Å². The van der Waals surface area contributed by atoms with Crippen molar-refractivity contribution in [1.82, 2.24) is 15.2 Å². The van der Waals surface area contributed by atoms with E-state index in [1.165, 1.54) is 6.33 Å². The van der Waals surface area contributed by atoms with Gasteiger partial charge in [0.05, 0.1) is 0 Å². The van der Waals surface area contributed by atoms with Crippen molar-refractivity contribution < 1.29 is 9.90 Å². The first-order valence-corrected chi connectivity index (χ1v) is 4.42. The number of Topliss-reactive ketones (excluding diaryl/α,β-unsaturated/α-hetero) is 1. The fourth-order valence-electron chi connectivity index (χ4n) is 1.22. The molecule has 0 saturated carbocycles. The van der Waals surface area contributed by atoms with Crippen LogP contribution in [0.5, 0.6) is 5.75 Å². The van der Waals surface area contributed by atoms with Gasteiger partial charge < -0.3 is 5.11 Å². The lowest BCUT2D eigenvalue weighted by Crippen LogP contribution is -2.05. The summed E-state index contributed by atoms with van der Waals surface area (Å²) in [4.78, 5) is 15.3. The molecular weight excluding hydrogens is 194 g/mol. The number of aromatic amines is 1. The number of phenols is 1. The number of phenolic OH excluding ortho intramolecular Hbond substituents is 1. The Labute approximate surface area is 85.8 Å². The average molecular weight is 203 g/mol. The predicted octanol–water partition coefficient (Wildman–Crippen LogP) is 0.936. The first-order valence-electron chi connectivity index (χ1n) is 4.42. The van der Waals surface area contributed by atoms with Gasteiger partial charge in [-0.25, -0.2) is 4.98 Å². The molecule has 0 fully saturated rings. The van der Waals surface area contributed by atoms with Crippen molar-refractivity contribution in [3.63, 3.8) is 0 Å². The number of H-pyrrole nitrogens is 1. The third-order valence-corrected chi connectivity index (χ3v) is 1.98. The van der Waals surface area contributed by atoms with Crippen molar-refractivity contribution in [2.75, 3.05) is 0 Å². The van der Waals surface area contributed by atoms with Gasteiger partial charge in [0.1, 0.15) is 12.1 Å². The van der Waals surface area contributed by atoms with E-state index in [9.17, 15) is 4.79 Å². The van der Waals surface area contributed by atoms with Crippen LogP contribution in [0.15, 0.2) is 30.6 Å². The molecule has 0 aliphatic heterocycles. The van der Waals surface area contributed by atoms with E-state index < -0.39 is 0 Å². The Balaban J connectivity index is 2.09. The molecule has 5 nitrogen and oxygen atoms in total. The Morgan fingerprint density at radius 2 is 2.07 bits per heavy atom. The van der Waals surface area contributed by atoms with Gasteiger partial charge in [0.25, 0.3) is 0 Å². The molecule has 2 N–H and O–H groups in total. The third-order valence-electron chi connectivity index (χ3n) is 1.98. The Morgan fingerprint density at radius 3 is 2.67 bits per heavy atom. The van der Waals surface area contributed by atoms with E-state index in [1.807, 2.05) is 0 Å². The van der Waals surface area contributed by atoms with Crippen molar-refractivity contribution in [3.05, 3.63) is 42.0 Å². The molecule has 0 saturated heterocycles. The van der Waals surface area contributed by atoms with Crippen molar-refractivity contribution in [2.45, 2.75) is 6.42 Å². The van der Waals surface area contributed by atoms with Crippen LogP contribution in [-0.2, 0) is 6.42 Å². The van der Waals surface area contributed by atoms with Crippen LogP contribution in [0.4, 0.5) is 0 Å². The molecule has 0 bridgehead atoms. The van der Waals surface area contributed by atoms with Gasteiger partial charge >= 0.3 is 0 Å². The smallest absolute Gasteiger partial charge is 0.203 e. The van der Waals surface area contributed by atoms with Gasteiger partial charge in [-0.1, -0.05) is 12.1 Å². The van der Waals surface area contributed by atoms with E-state index in [2.05, 4.69) is 15.2 Å².